The minimum absolute atomic E-state index is 0.157. The zero-order valence-corrected chi connectivity index (χ0v) is 25.1. The number of thiophene rings is 1. The van der Waals surface area contributed by atoms with Crippen LogP contribution in [0.15, 0.2) is 140 Å². The largest absolute Gasteiger partial charge is 0.335 e. The molecule has 0 saturated heterocycles. The normalized spacial score (nSPS) is 23.2. The lowest BCUT2D eigenvalue weighted by molar-refractivity contribution is 0.378. The zero-order chi connectivity index (χ0) is 29.0. The Morgan fingerprint density at radius 3 is 2.39 bits per heavy atom. The second kappa shape index (κ2) is 8.81. The Kier molecular flexibility index (Phi) is 4.91. The van der Waals surface area contributed by atoms with Gasteiger partial charge in [-0.05, 0) is 60.5 Å². The summed E-state index contributed by atoms with van der Waals surface area (Å²) in [6.07, 6.45) is 7.07. The summed E-state index contributed by atoms with van der Waals surface area (Å²) in [4.78, 5) is 10.3. The molecule has 0 radical (unpaired) electrons. The predicted octanol–water partition coefficient (Wildman–Crippen LogP) is 10.3. The molecule has 0 fully saturated rings. The lowest BCUT2D eigenvalue weighted by Gasteiger charge is -2.47. The number of nitrogens with zero attached hydrogens (tertiary/aromatic N) is 3. The molecule has 44 heavy (non-hydrogen) atoms. The van der Waals surface area contributed by atoms with Crippen LogP contribution in [-0.2, 0) is 5.41 Å². The predicted molar refractivity (Wildman–Crippen MR) is 185 cm³/mol. The molecule has 4 atom stereocenters. The van der Waals surface area contributed by atoms with E-state index in [1.807, 2.05) is 11.3 Å². The van der Waals surface area contributed by atoms with Crippen molar-refractivity contribution in [3.05, 3.63) is 151 Å². The number of para-hydroxylation sites is 3. The minimum Gasteiger partial charge on any atom is -0.335 e. The number of pyridine rings is 1. The molecule has 3 nitrogen and oxygen atoms in total. The fourth-order valence-electron chi connectivity index (χ4n) is 8.45. The molecule has 2 aliphatic heterocycles. The lowest BCUT2D eigenvalue weighted by atomic mass is 9.68. The van der Waals surface area contributed by atoms with Crippen molar-refractivity contribution < 1.29 is 0 Å². The summed E-state index contributed by atoms with van der Waals surface area (Å²) in [6, 6.07) is 45.1. The van der Waals surface area contributed by atoms with E-state index in [0.717, 1.165) is 5.52 Å². The summed E-state index contributed by atoms with van der Waals surface area (Å²) >= 11 is 1.85. The van der Waals surface area contributed by atoms with Crippen LogP contribution in [0.25, 0.3) is 31.1 Å². The van der Waals surface area contributed by atoms with E-state index in [9.17, 15) is 0 Å². The molecular weight excluding hydrogens is 555 g/mol. The van der Waals surface area contributed by atoms with Gasteiger partial charge in [0.25, 0.3) is 0 Å². The van der Waals surface area contributed by atoms with Gasteiger partial charge in [-0.1, -0.05) is 91.0 Å². The molecule has 5 aromatic carbocycles. The standard InChI is InChI=1S/C40H29N3S/c1-40-22-21-30-29-13-5-8-16-33(29)42(26-11-3-2-4-12-26)37(30)39(40)43(34-17-9-7-15-32(34)40)27-19-20-28-25(23-27)24-41-36-31-14-6-10-18-35(31)44-38(28)36/h2-24,30,37,39H,1H3. The van der Waals surface area contributed by atoms with Crippen LogP contribution in [-0.4, -0.2) is 17.1 Å². The van der Waals surface area contributed by atoms with Gasteiger partial charge in [0.05, 0.1) is 22.3 Å². The van der Waals surface area contributed by atoms with Gasteiger partial charge >= 0.3 is 0 Å². The fraction of sp³-hybridized carbons (Fsp3) is 0.125. The highest BCUT2D eigenvalue weighted by molar-refractivity contribution is 7.26. The number of hydrogen-bond donors (Lipinski definition) is 0. The van der Waals surface area contributed by atoms with Crippen molar-refractivity contribution in [2.75, 3.05) is 9.80 Å². The van der Waals surface area contributed by atoms with Gasteiger partial charge in [0.15, 0.2) is 0 Å². The molecule has 4 heteroatoms. The molecule has 0 bridgehead atoms. The van der Waals surface area contributed by atoms with Gasteiger partial charge < -0.3 is 9.80 Å². The van der Waals surface area contributed by atoms with Crippen molar-refractivity contribution in [2.24, 2.45) is 0 Å². The maximum Gasteiger partial charge on any atom is 0.0894 e. The van der Waals surface area contributed by atoms with E-state index in [-0.39, 0.29) is 17.5 Å². The number of rotatable bonds is 2. The first-order valence-corrected chi connectivity index (χ1v) is 16.2. The van der Waals surface area contributed by atoms with Gasteiger partial charge in [-0.15, -0.1) is 11.3 Å². The number of benzene rings is 5. The first-order chi connectivity index (χ1) is 21.7. The van der Waals surface area contributed by atoms with E-state index in [2.05, 4.69) is 156 Å². The van der Waals surface area contributed by atoms with Gasteiger partial charge in [0.1, 0.15) is 0 Å². The van der Waals surface area contributed by atoms with Crippen molar-refractivity contribution >= 4 is 65.2 Å². The molecule has 4 unspecified atom stereocenters. The first kappa shape index (κ1) is 24.5. The quantitative estimate of drug-likeness (QED) is 0.189. The van der Waals surface area contributed by atoms with E-state index in [1.54, 1.807) is 0 Å². The highest BCUT2D eigenvalue weighted by Gasteiger charge is 2.58. The molecule has 10 rings (SSSR count). The van der Waals surface area contributed by atoms with Crippen LogP contribution in [0, 0.1) is 0 Å². The molecular formula is C40H29N3S. The Hall–Kier alpha value is -4.93. The summed E-state index contributed by atoms with van der Waals surface area (Å²) < 4.78 is 2.56. The number of aromatic nitrogens is 1. The average Bonchev–Trinajstić information content (AvgIpc) is 3.71. The molecule has 210 valence electrons. The van der Waals surface area contributed by atoms with Crippen LogP contribution in [0.2, 0.25) is 0 Å². The maximum absolute atomic E-state index is 5.01. The van der Waals surface area contributed by atoms with Crippen molar-refractivity contribution in [1.29, 1.82) is 0 Å². The second-order valence-corrected chi connectivity index (χ2v) is 13.6. The summed E-state index contributed by atoms with van der Waals surface area (Å²) in [5, 5.41) is 3.70. The topological polar surface area (TPSA) is 19.4 Å². The van der Waals surface area contributed by atoms with Crippen LogP contribution in [0.1, 0.15) is 24.0 Å². The van der Waals surface area contributed by atoms with E-state index >= 15 is 0 Å². The molecule has 0 amide bonds. The lowest BCUT2D eigenvalue weighted by Crippen LogP contribution is -2.56. The van der Waals surface area contributed by atoms with Crippen molar-refractivity contribution in [3.8, 4) is 0 Å². The zero-order valence-electron chi connectivity index (χ0n) is 24.3. The van der Waals surface area contributed by atoms with Crippen molar-refractivity contribution in [3.63, 3.8) is 0 Å². The molecule has 3 aliphatic rings. The third-order valence-corrected chi connectivity index (χ3v) is 11.5. The fourth-order valence-corrected chi connectivity index (χ4v) is 9.65. The third-order valence-electron chi connectivity index (χ3n) is 10.3. The van der Waals surface area contributed by atoms with Crippen LogP contribution in [0.5, 0.6) is 0 Å². The molecule has 7 aromatic rings. The van der Waals surface area contributed by atoms with E-state index < -0.39 is 0 Å². The average molecular weight is 584 g/mol. The second-order valence-electron chi connectivity index (χ2n) is 12.6. The van der Waals surface area contributed by atoms with Gasteiger partial charge in [0, 0.05) is 61.1 Å². The van der Waals surface area contributed by atoms with Crippen LogP contribution in [0.4, 0.5) is 22.7 Å². The maximum atomic E-state index is 5.01. The summed E-state index contributed by atoms with van der Waals surface area (Å²) in [6.45, 7) is 2.44. The Morgan fingerprint density at radius 1 is 0.705 bits per heavy atom. The molecule has 0 saturated carbocycles. The van der Waals surface area contributed by atoms with Gasteiger partial charge in [-0.25, -0.2) is 0 Å². The molecule has 4 heterocycles. The molecule has 2 aromatic heterocycles. The highest BCUT2D eigenvalue weighted by Crippen LogP contribution is 2.60. The van der Waals surface area contributed by atoms with E-state index in [1.165, 1.54) is 59.4 Å². The van der Waals surface area contributed by atoms with Crippen LogP contribution < -0.4 is 9.80 Å². The third kappa shape index (κ3) is 3.13. The van der Waals surface area contributed by atoms with E-state index in [4.69, 9.17) is 4.98 Å². The monoisotopic (exact) mass is 583 g/mol. The molecule has 0 N–H and O–H groups in total. The SMILES string of the molecule is CC12C=CC3c4ccccc4N(c4ccccc4)C3C1N(c1ccc3c(cnc4c5ccccc5sc34)c1)c1ccccc12. The van der Waals surface area contributed by atoms with Gasteiger partial charge in [-0.2, -0.15) is 0 Å². The van der Waals surface area contributed by atoms with Crippen molar-refractivity contribution in [1.82, 2.24) is 4.98 Å². The van der Waals surface area contributed by atoms with Gasteiger partial charge in [-0.3, -0.25) is 4.98 Å². The van der Waals surface area contributed by atoms with E-state index in [0.29, 0.717) is 5.92 Å². The minimum atomic E-state index is -0.157. The smallest absolute Gasteiger partial charge is 0.0894 e. The molecule has 1 aliphatic carbocycles. The summed E-state index contributed by atoms with van der Waals surface area (Å²) in [5.74, 6) is 0.293. The van der Waals surface area contributed by atoms with Gasteiger partial charge in [0.2, 0.25) is 0 Å². The number of anilines is 4. The Morgan fingerprint density at radius 2 is 1.48 bits per heavy atom. The number of fused-ring (bicyclic) bond motifs is 12. The first-order valence-electron chi connectivity index (χ1n) is 15.4. The summed E-state index contributed by atoms with van der Waals surface area (Å²) in [5.41, 5.74) is 8.82. The summed E-state index contributed by atoms with van der Waals surface area (Å²) in [7, 11) is 0. The van der Waals surface area contributed by atoms with Crippen LogP contribution in [0.3, 0.4) is 0 Å². The number of hydrogen-bond acceptors (Lipinski definition) is 4. The highest BCUT2D eigenvalue weighted by atomic mass is 32.1. The van der Waals surface area contributed by atoms with Crippen LogP contribution >= 0.6 is 11.3 Å². The Balaban J connectivity index is 1.20. The Labute approximate surface area is 260 Å². The molecule has 0 spiro atoms. The van der Waals surface area contributed by atoms with Crippen molar-refractivity contribution in [2.45, 2.75) is 30.3 Å². The Bertz CT molecular complexity index is 2300.